The van der Waals surface area contributed by atoms with Crippen LogP contribution in [0.4, 0.5) is 0 Å². The smallest absolute Gasteiger partial charge is 0.164 e. The molecule has 0 fully saturated rings. The Kier molecular flexibility index (Phi) is 137. The van der Waals surface area contributed by atoms with Gasteiger partial charge >= 0.3 is 0 Å². The van der Waals surface area contributed by atoms with Crippen LogP contribution < -0.4 is 0 Å². The van der Waals surface area contributed by atoms with E-state index in [9.17, 15) is 4.79 Å². The summed E-state index contributed by atoms with van der Waals surface area (Å²) in [5.74, 6) is -0.495. The van der Waals surface area contributed by atoms with E-state index in [1.54, 1.807) is 0 Å². The van der Waals surface area contributed by atoms with Crippen LogP contribution in [0.5, 0.6) is 0 Å². The number of rotatable bonds is 0. The summed E-state index contributed by atoms with van der Waals surface area (Å²) in [5.41, 5.74) is 0. The molecule has 0 radical (unpaired) electrons. The van der Waals surface area contributed by atoms with Crippen molar-refractivity contribution in [2.24, 2.45) is 0 Å². The number of carbonyl (C=O) groups excluding carboxylic acids is 1. The fourth-order valence-electron chi connectivity index (χ4n) is 0.340. The fourth-order valence-corrected chi connectivity index (χ4v) is 0.340. The number of halogens is 3. The monoisotopic (exact) mass is 339 g/mol. The number of hydrogen-bond donors (Lipinski definition) is 0. The molecule has 1 aliphatic carbocycles. The van der Waals surface area contributed by atoms with E-state index in [0.29, 0.717) is 0 Å². The van der Waals surface area contributed by atoms with Crippen LogP contribution in [0.3, 0.4) is 0 Å². The van der Waals surface area contributed by atoms with E-state index in [-0.39, 0.29) is 81.2 Å². The van der Waals surface area contributed by atoms with E-state index in [2.05, 4.69) is 23.8 Å². The summed E-state index contributed by atoms with van der Waals surface area (Å²) in [6.45, 7) is 2.90. The maximum Gasteiger partial charge on any atom is 0.164 e. The zero-order chi connectivity index (χ0) is 7.82. The molecule has 1 rings (SSSR count). The number of hydrogen-bond acceptors (Lipinski definition) is 2. The van der Waals surface area contributed by atoms with Gasteiger partial charge in [-0.2, -0.15) is 6.08 Å². The van der Waals surface area contributed by atoms with Gasteiger partial charge in [0.2, 0.25) is 0 Å². The van der Waals surface area contributed by atoms with Crippen molar-refractivity contribution in [3.05, 3.63) is 53.5 Å². The normalized spacial score (nSPS) is 7.12. The second-order valence-electron chi connectivity index (χ2n) is 1.58. The SMILES string of the molecule is Cl.Cl.Cl.[C-]1=CC=CC1.[CH2-]C(=O)OC.[CH3-].[CH3-].[CH3-].[Ti]. The number of ether oxygens (including phenoxy) is 1. The molecule has 0 saturated heterocycles. The molecule has 0 atom stereocenters. The largest absolute Gasteiger partial charge is 0.492 e. The molecule has 2 nitrogen and oxygen atoms in total. The van der Waals surface area contributed by atoms with Crippen LogP contribution in [0.2, 0.25) is 0 Å². The van der Waals surface area contributed by atoms with E-state index in [4.69, 9.17) is 0 Å². The first-order valence-corrected chi connectivity index (χ1v) is 2.89. The van der Waals surface area contributed by atoms with Gasteiger partial charge < -0.3 is 27.0 Å². The van der Waals surface area contributed by atoms with E-state index in [1.165, 1.54) is 7.11 Å². The Bertz CT molecular complexity index is 153. The zero-order valence-electron chi connectivity index (χ0n) is 10.7. The summed E-state index contributed by atoms with van der Waals surface area (Å²) in [4.78, 5) is 9.48. The minimum absolute atomic E-state index is 0. The average molecular weight is 341 g/mol. The van der Waals surface area contributed by atoms with Gasteiger partial charge in [0.05, 0.1) is 7.11 Å². The van der Waals surface area contributed by atoms with Gasteiger partial charge in [-0.15, -0.1) is 43.6 Å². The Morgan fingerprint density at radius 1 is 1.24 bits per heavy atom. The van der Waals surface area contributed by atoms with Gasteiger partial charge in [-0.3, -0.25) is 17.8 Å². The minimum atomic E-state index is -0.495. The molecule has 0 aromatic heterocycles. The Morgan fingerprint density at radius 3 is 1.65 bits per heavy atom. The topological polar surface area (TPSA) is 26.3 Å². The Labute approximate surface area is 141 Å². The average Bonchev–Trinajstić information content (AvgIpc) is 2.43. The van der Waals surface area contributed by atoms with Crippen LogP contribution in [-0.2, 0) is 31.2 Å². The van der Waals surface area contributed by atoms with Crippen molar-refractivity contribution in [2.45, 2.75) is 6.42 Å². The molecule has 108 valence electrons. The summed E-state index contributed by atoms with van der Waals surface area (Å²) in [5, 5.41) is 0. The van der Waals surface area contributed by atoms with Crippen molar-refractivity contribution in [3.63, 3.8) is 0 Å². The molecule has 0 aromatic carbocycles. The van der Waals surface area contributed by atoms with Gasteiger partial charge in [0, 0.05) is 21.7 Å². The second kappa shape index (κ2) is 44.0. The van der Waals surface area contributed by atoms with Gasteiger partial charge in [0.15, 0.2) is 5.97 Å². The number of carbonyl (C=O) groups is 1. The number of esters is 1. The van der Waals surface area contributed by atoms with Crippen LogP contribution in [0.1, 0.15) is 6.42 Å². The van der Waals surface area contributed by atoms with E-state index in [1.807, 2.05) is 12.2 Å². The predicted octanol–water partition coefficient (Wildman–Crippen LogP) is 3.91. The fraction of sp³-hybridized carbons (Fsp3) is 0.182. The molecule has 0 aliphatic heterocycles. The van der Waals surface area contributed by atoms with Crippen molar-refractivity contribution in [1.82, 2.24) is 0 Å². The molecule has 0 heterocycles. The third-order valence-corrected chi connectivity index (χ3v) is 0.814. The molecular weight excluding hydrogens is 318 g/mol. The summed E-state index contributed by atoms with van der Waals surface area (Å²) >= 11 is 0. The maximum absolute atomic E-state index is 9.48. The third-order valence-electron chi connectivity index (χ3n) is 0.814. The van der Waals surface area contributed by atoms with Gasteiger partial charge in [0.1, 0.15) is 0 Å². The summed E-state index contributed by atoms with van der Waals surface area (Å²) in [6.07, 6.45) is 10.0. The number of allylic oxidation sites excluding steroid dienone is 4. The number of methoxy groups -OCH3 is 1. The van der Waals surface area contributed by atoms with Gasteiger partial charge in [0.25, 0.3) is 0 Å². The Morgan fingerprint density at radius 2 is 1.59 bits per heavy atom. The Hall–Kier alpha value is 0.404. The first kappa shape index (κ1) is 53.0. The summed E-state index contributed by atoms with van der Waals surface area (Å²) < 4.78 is 4.00. The van der Waals surface area contributed by atoms with Crippen molar-refractivity contribution in [3.8, 4) is 0 Å². The van der Waals surface area contributed by atoms with Crippen LogP contribution in [0, 0.1) is 35.3 Å². The van der Waals surface area contributed by atoms with Gasteiger partial charge in [-0.25, -0.2) is 12.2 Å². The summed E-state index contributed by atoms with van der Waals surface area (Å²) in [6, 6.07) is 0. The Balaban J connectivity index is -0.0000000112. The molecular formula is C11H22Cl3O2Ti-5. The van der Waals surface area contributed by atoms with Crippen LogP contribution in [0.25, 0.3) is 0 Å². The van der Waals surface area contributed by atoms with Crippen LogP contribution >= 0.6 is 37.2 Å². The minimum Gasteiger partial charge on any atom is -0.492 e. The molecule has 0 N–H and O–H groups in total. The first-order chi connectivity index (χ1) is 4.77. The van der Waals surface area contributed by atoms with Crippen LogP contribution in [-0.4, -0.2) is 13.1 Å². The van der Waals surface area contributed by atoms with Crippen LogP contribution in [0.15, 0.2) is 18.2 Å². The molecule has 0 aromatic rings. The quantitative estimate of drug-likeness (QED) is 0.380. The second-order valence-corrected chi connectivity index (χ2v) is 1.58. The molecule has 0 amide bonds. The van der Waals surface area contributed by atoms with Crippen molar-refractivity contribution < 1.29 is 31.2 Å². The zero-order valence-corrected chi connectivity index (χ0v) is 14.7. The van der Waals surface area contributed by atoms with Crippen molar-refractivity contribution >= 4 is 43.2 Å². The third kappa shape index (κ3) is 62.1. The van der Waals surface area contributed by atoms with E-state index >= 15 is 0 Å². The predicted molar refractivity (Wildman–Crippen MR) is 79.9 cm³/mol. The molecule has 6 heteroatoms. The van der Waals surface area contributed by atoms with Crippen molar-refractivity contribution in [2.75, 3.05) is 7.11 Å². The van der Waals surface area contributed by atoms with Crippen molar-refractivity contribution in [1.29, 1.82) is 0 Å². The molecule has 0 saturated carbocycles. The maximum atomic E-state index is 9.48. The molecule has 0 spiro atoms. The summed E-state index contributed by atoms with van der Waals surface area (Å²) in [7, 11) is 1.29. The first-order valence-electron chi connectivity index (χ1n) is 2.89. The van der Waals surface area contributed by atoms with Gasteiger partial charge in [-0.1, -0.05) is 0 Å². The van der Waals surface area contributed by atoms with Gasteiger partial charge in [-0.05, 0) is 0 Å². The standard InChI is InChI=1S/C5H5.C3H5O2.3CH3.3ClH.Ti/c1-2-4-5-3-1;1-3(4)5-2;;;;;;;/h1-3H,4H2;1H2,2H3;3*1H3;3*1H;/q5*-1;;;;. The molecule has 0 bridgehead atoms. The van der Waals surface area contributed by atoms with E-state index in [0.717, 1.165) is 6.42 Å². The molecule has 1 aliphatic rings. The molecule has 0 unspecified atom stereocenters. The molecule has 17 heavy (non-hydrogen) atoms. The van der Waals surface area contributed by atoms with E-state index < -0.39 is 5.97 Å².